The standard InChI is InChI=1S/C27H30N4O3/c1-4-25(32)30-26-21-17-19(10-9-18(21)11-12-24(26)34-5-2)22-7-6-8-23(29-22)27(33)28-20-13-15-31(3)16-14-20/h4,6-12,17,20H,1,5,13-16H2,2-3H3,(H,28,33)(H,30,32). The highest BCUT2D eigenvalue weighted by Gasteiger charge is 2.20. The highest BCUT2D eigenvalue weighted by atomic mass is 16.5. The number of rotatable bonds is 7. The number of hydrogen-bond acceptors (Lipinski definition) is 5. The van der Waals surface area contributed by atoms with Crippen LogP contribution in [0.2, 0.25) is 0 Å². The largest absolute Gasteiger partial charge is 0.492 e. The quantitative estimate of drug-likeness (QED) is 0.517. The topological polar surface area (TPSA) is 83.6 Å². The number of nitrogens with zero attached hydrogens (tertiary/aromatic N) is 2. The fourth-order valence-electron chi connectivity index (χ4n) is 4.17. The Labute approximate surface area is 199 Å². The first-order valence-electron chi connectivity index (χ1n) is 11.6. The molecule has 0 saturated carbocycles. The monoisotopic (exact) mass is 458 g/mol. The lowest BCUT2D eigenvalue weighted by Crippen LogP contribution is -2.43. The van der Waals surface area contributed by atoms with E-state index >= 15 is 0 Å². The van der Waals surface area contributed by atoms with Crippen LogP contribution in [0.5, 0.6) is 5.75 Å². The first-order valence-corrected chi connectivity index (χ1v) is 11.6. The summed E-state index contributed by atoms with van der Waals surface area (Å²) in [5, 5.41) is 7.76. The second kappa shape index (κ2) is 10.5. The molecule has 2 aromatic carbocycles. The van der Waals surface area contributed by atoms with Gasteiger partial charge in [0.15, 0.2) is 0 Å². The van der Waals surface area contributed by atoms with Crippen molar-refractivity contribution < 1.29 is 14.3 Å². The lowest BCUT2D eigenvalue weighted by molar-refractivity contribution is -0.111. The first kappa shape index (κ1) is 23.4. The van der Waals surface area contributed by atoms with Gasteiger partial charge in [-0.25, -0.2) is 4.98 Å². The zero-order valence-electron chi connectivity index (χ0n) is 19.6. The van der Waals surface area contributed by atoms with Gasteiger partial charge in [-0.05, 0) is 75.6 Å². The van der Waals surface area contributed by atoms with Crippen molar-refractivity contribution in [2.24, 2.45) is 0 Å². The number of fused-ring (bicyclic) bond motifs is 1. The third-order valence-electron chi connectivity index (χ3n) is 6.05. The normalized spacial score (nSPS) is 14.5. The van der Waals surface area contributed by atoms with Gasteiger partial charge in [0.2, 0.25) is 5.91 Å². The summed E-state index contributed by atoms with van der Waals surface area (Å²) in [6, 6.07) is 15.3. The van der Waals surface area contributed by atoms with Crippen molar-refractivity contribution in [3.05, 3.63) is 66.9 Å². The van der Waals surface area contributed by atoms with Crippen LogP contribution in [0.15, 0.2) is 61.2 Å². The molecule has 0 spiro atoms. The summed E-state index contributed by atoms with van der Waals surface area (Å²) >= 11 is 0. The molecule has 1 aliphatic rings. The predicted octanol–water partition coefficient (Wildman–Crippen LogP) is 4.25. The minimum atomic E-state index is -0.315. The van der Waals surface area contributed by atoms with Gasteiger partial charge in [-0.1, -0.05) is 30.8 Å². The van der Waals surface area contributed by atoms with Gasteiger partial charge in [0.05, 0.1) is 18.0 Å². The van der Waals surface area contributed by atoms with Gasteiger partial charge in [0, 0.05) is 17.0 Å². The molecule has 2 heterocycles. The Morgan fingerprint density at radius 1 is 1.18 bits per heavy atom. The van der Waals surface area contributed by atoms with E-state index in [1.165, 1.54) is 6.08 Å². The molecule has 7 heteroatoms. The molecular formula is C27H30N4O3. The zero-order chi connectivity index (χ0) is 24.1. The van der Waals surface area contributed by atoms with Crippen LogP contribution in [0.25, 0.3) is 22.0 Å². The molecular weight excluding hydrogens is 428 g/mol. The Balaban J connectivity index is 1.65. The van der Waals surface area contributed by atoms with Crippen LogP contribution in [0.4, 0.5) is 5.69 Å². The van der Waals surface area contributed by atoms with E-state index in [0.29, 0.717) is 29.4 Å². The number of nitrogens with one attached hydrogen (secondary N) is 2. The van der Waals surface area contributed by atoms with E-state index in [-0.39, 0.29) is 17.9 Å². The molecule has 1 saturated heterocycles. The maximum absolute atomic E-state index is 12.9. The van der Waals surface area contributed by atoms with E-state index in [0.717, 1.165) is 42.3 Å². The Morgan fingerprint density at radius 2 is 1.94 bits per heavy atom. The maximum atomic E-state index is 12.9. The molecule has 2 N–H and O–H groups in total. The summed E-state index contributed by atoms with van der Waals surface area (Å²) in [5.74, 6) is 0.112. The molecule has 0 aliphatic carbocycles. The number of anilines is 1. The first-order chi connectivity index (χ1) is 16.5. The van der Waals surface area contributed by atoms with E-state index in [4.69, 9.17) is 4.74 Å². The Hall–Kier alpha value is -3.71. The van der Waals surface area contributed by atoms with Gasteiger partial charge >= 0.3 is 0 Å². The van der Waals surface area contributed by atoms with Crippen molar-refractivity contribution in [3.63, 3.8) is 0 Å². The summed E-state index contributed by atoms with van der Waals surface area (Å²) in [6.45, 7) is 7.86. The SMILES string of the molecule is C=CC(=O)Nc1c(OCC)ccc2ccc(-c3cccc(C(=O)NC4CCN(C)CC4)n3)cc12. The highest BCUT2D eigenvalue weighted by molar-refractivity contribution is 6.08. The molecule has 0 radical (unpaired) electrons. The molecule has 2 amide bonds. The number of amides is 2. The van der Waals surface area contributed by atoms with Crippen molar-refractivity contribution in [1.29, 1.82) is 0 Å². The lowest BCUT2D eigenvalue weighted by Gasteiger charge is -2.29. The Bertz CT molecular complexity index is 1220. The maximum Gasteiger partial charge on any atom is 0.270 e. The molecule has 4 rings (SSSR count). The van der Waals surface area contributed by atoms with Gasteiger partial charge in [-0.15, -0.1) is 0 Å². The van der Waals surface area contributed by atoms with Crippen molar-refractivity contribution in [2.75, 3.05) is 32.1 Å². The van der Waals surface area contributed by atoms with E-state index in [9.17, 15) is 9.59 Å². The second-order valence-corrected chi connectivity index (χ2v) is 8.46. The number of benzene rings is 2. The van der Waals surface area contributed by atoms with Gasteiger partial charge in [0.1, 0.15) is 11.4 Å². The predicted molar refractivity (Wildman–Crippen MR) is 135 cm³/mol. The van der Waals surface area contributed by atoms with Crippen LogP contribution in [0, 0.1) is 0 Å². The summed E-state index contributed by atoms with van der Waals surface area (Å²) in [5.41, 5.74) is 2.49. The number of piperidine rings is 1. The molecule has 1 aromatic heterocycles. The number of aromatic nitrogens is 1. The Morgan fingerprint density at radius 3 is 2.68 bits per heavy atom. The molecule has 3 aromatic rings. The fraction of sp³-hybridized carbons (Fsp3) is 0.296. The van der Waals surface area contributed by atoms with Crippen molar-refractivity contribution in [3.8, 4) is 17.0 Å². The number of hydrogen-bond donors (Lipinski definition) is 2. The number of carbonyl (C=O) groups is 2. The molecule has 0 unspecified atom stereocenters. The summed E-state index contributed by atoms with van der Waals surface area (Å²) in [6.07, 6.45) is 3.11. The third-order valence-corrected chi connectivity index (χ3v) is 6.05. The molecule has 34 heavy (non-hydrogen) atoms. The van der Waals surface area contributed by atoms with Gasteiger partial charge in [-0.3, -0.25) is 9.59 Å². The summed E-state index contributed by atoms with van der Waals surface area (Å²) in [7, 11) is 2.10. The van der Waals surface area contributed by atoms with Crippen LogP contribution in [-0.2, 0) is 4.79 Å². The van der Waals surface area contributed by atoms with E-state index in [1.807, 2.05) is 49.4 Å². The number of likely N-dealkylation sites (tertiary alicyclic amines) is 1. The third kappa shape index (κ3) is 5.26. The number of carbonyl (C=O) groups excluding carboxylic acids is 2. The Kier molecular flexibility index (Phi) is 7.23. The van der Waals surface area contributed by atoms with Crippen LogP contribution in [-0.4, -0.2) is 54.5 Å². The minimum Gasteiger partial charge on any atom is -0.492 e. The molecule has 1 fully saturated rings. The second-order valence-electron chi connectivity index (χ2n) is 8.46. The van der Waals surface area contributed by atoms with Crippen LogP contribution >= 0.6 is 0 Å². The minimum absolute atomic E-state index is 0.158. The zero-order valence-corrected chi connectivity index (χ0v) is 19.6. The molecule has 0 atom stereocenters. The van der Waals surface area contributed by atoms with E-state index in [1.54, 1.807) is 6.07 Å². The molecule has 7 nitrogen and oxygen atoms in total. The average Bonchev–Trinajstić information content (AvgIpc) is 2.86. The average molecular weight is 459 g/mol. The van der Waals surface area contributed by atoms with E-state index < -0.39 is 0 Å². The van der Waals surface area contributed by atoms with Gasteiger partial charge in [0.25, 0.3) is 5.91 Å². The smallest absolute Gasteiger partial charge is 0.270 e. The highest BCUT2D eigenvalue weighted by Crippen LogP contribution is 2.36. The van der Waals surface area contributed by atoms with Gasteiger partial charge in [-0.2, -0.15) is 0 Å². The van der Waals surface area contributed by atoms with Crippen molar-refractivity contribution in [1.82, 2.24) is 15.2 Å². The lowest BCUT2D eigenvalue weighted by atomic mass is 10.0. The van der Waals surface area contributed by atoms with Crippen LogP contribution in [0.1, 0.15) is 30.3 Å². The van der Waals surface area contributed by atoms with Crippen LogP contribution < -0.4 is 15.4 Å². The number of ether oxygens (including phenoxy) is 1. The summed E-state index contributed by atoms with van der Waals surface area (Å²) < 4.78 is 5.74. The van der Waals surface area contributed by atoms with Crippen molar-refractivity contribution in [2.45, 2.75) is 25.8 Å². The molecule has 0 bridgehead atoms. The summed E-state index contributed by atoms with van der Waals surface area (Å²) in [4.78, 5) is 31.9. The molecule has 176 valence electrons. The van der Waals surface area contributed by atoms with Crippen molar-refractivity contribution >= 4 is 28.3 Å². The number of pyridine rings is 1. The van der Waals surface area contributed by atoms with Crippen LogP contribution in [0.3, 0.4) is 0 Å². The van der Waals surface area contributed by atoms with Gasteiger partial charge < -0.3 is 20.3 Å². The fourth-order valence-corrected chi connectivity index (χ4v) is 4.17. The van der Waals surface area contributed by atoms with E-state index in [2.05, 4.69) is 34.1 Å². The molecule has 1 aliphatic heterocycles.